The Kier molecular flexibility index (Phi) is 2.99. The molecule has 1 aliphatic heterocycles. The maximum absolute atomic E-state index is 8.35. The molecule has 1 N–H and O–H groups in total. The summed E-state index contributed by atoms with van der Waals surface area (Å²) in [6.07, 6.45) is 0. The Morgan fingerprint density at radius 3 is 3.00 bits per heavy atom. The summed E-state index contributed by atoms with van der Waals surface area (Å²) in [5.74, 6) is 0.478. The van der Waals surface area contributed by atoms with Crippen molar-refractivity contribution < 1.29 is 0 Å². The normalized spacial score (nSPS) is 20.6. The van der Waals surface area contributed by atoms with Gasteiger partial charge in [0, 0.05) is 18.5 Å². The lowest BCUT2D eigenvalue weighted by Crippen LogP contribution is -2.39. The van der Waals surface area contributed by atoms with Gasteiger partial charge in [-0.05, 0) is 0 Å². The van der Waals surface area contributed by atoms with Crippen LogP contribution in [-0.2, 0) is 0 Å². The molecule has 1 rings (SSSR count). The van der Waals surface area contributed by atoms with Gasteiger partial charge in [0.1, 0.15) is 0 Å². The number of rotatable bonds is 1. The minimum absolute atomic E-state index is 0.261. The molecule has 0 radical (unpaired) electrons. The van der Waals surface area contributed by atoms with Crippen molar-refractivity contribution in [2.45, 2.75) is 13.8 Å². The number of hydrogen-bond acceptors (Lipinski definition) is 4. The molecule has 0 saturated carbocycles. The van der Waals surface area contributed by atoms with Crippen LogP contribution in [0.4, 0.5) is 0 Å². The molecule has 0 amide bonds. The minimum Gasteiger partial charge on any atom is -0.364 e. The van der Waals surface area contributed by atoms with E-state index in [9.17, 15) is 0 Å². The van der Waals surface area contributed by atoms with Crippen LogP contribution < -0.4 is 5.32 Å². The predicted molar refractivity (Wildman–Crippen MR) is 52.2 cm³/mol. The number of hydrogen-bond donors (Lipinski definition) is 1. The van der Waals surface area contributed by atoms with Gasteiger partial charge in [0.25, 0.3) is 0 Å². The molecular weight excluding hydrogens is 170 g/mol. The second-order valence-corrected chi connectivity index (χ2v) is 4.55. The topological polar surface area (TPSA) is 48.2 Å². The average Bonchev–Trinajstić information content (AvgIpc) is 2.03. The molecule has 0 saturated heterocycles. The molecule has 0 aromatic carbocycles. The molecule has 0 unspecified atom stereocenters. The van der Waals surface area contributed by atoms with E-state index in [1.807, 2.05) is 0 Å². The predicted octanol–water partition coefficient (Wildman–Crippen LogP) is 1.23. The number of aliphatic imine (C=N–C) groups is 1. The molecule has 4 heteroatoms. The summed E-state index contributed by atoms with van der Waals surface area (Å²) in [6, 6.07) is 2.08. The number of thioether (sulfide) groups is 1. The second kappa shape index (κ2) is 3.81. The zero-order valence-corrected chi connectivity index (χ0v) is 8.24. The van der Waals surface area contributed by atoms with Gasteiger partial charge in [-0.15, -0.1) is 0 Å². The molecule has 0 fully saturated rings. The molecule has 1 aliphatic rings. The minimum atomic E-state index is 0.261. The van der Waals surface area contributed by atoms with Crippen molar-refractivity contribution in [3.63, 3.8) is 0 Å². The fourth-order valence-electron chi connectivity index (χ4n) is 0.910. The van der Waals surface area contributed by atoms with Crippen LogP contribution in [0.25, 0.3) is 0 Å². The van der Waals surface area contributed by atoms with E-state index in [4.69, 9.17) is 5.26 Å². The second-order valence-electron chi connectivity index (χ2n) is 3.59. The third-order valence-corrected chi connectivity index (χ3v) is 2.46. The Bertz CT molecular complexity index is 227. The monoisotopic (exact) mass is 183 g/mol. The van der Waals surface area contributed by atoms with E-state index in [1.165, 1.54) is 11.8 Å². The fourth-order valence-corrected chi connectivity index (χ4v) is 1.44. The van der Waals surface area contributed by atoms with Gasteiger partial charge in [-0.2, -0.15) is 5.26 Å². The first kappa shape index (κ1) is 9.40. The Morgan fingerprint density at radius 1 is 1.75 bits per heavy atom. The van der Waals surface area contributed by atoms with E-state index in [1.54, 1.807) is 0 Å². The van der Waals surface area contributed by atoms with Gasteiger partial charge in [0.2, 0.25) is 0 Å². The van der Waals surface area contributed by atoms with Crippen molar-refractivity contribution in [1.82, 2.24) is 5.32 Å². The lowest BCUT2D eigenvalue weighted by molar-refractivity contribution is 0.364. The maximum Gasteiger partial charge on any atom is 0.157 e. The summed E-state index contributed by atoms with van der Waals surface area (Å²) in [7, 11) is 0. The summed E-state index contributed by atoms with van der Waals surface area (Å²) >= 11 is 1.48. The van der Waals surface area contributed by atoms with Crippen LogP contribution in [0.2, 0.25) is 0 Å². The Hall–Kier alpha value is -0.690. The van der Waals surface area contributed by atoms with Gasteiger partial charge in [-0.25, -0.2) is 0 Å². The van der Waals surface area contributed by atoms with Gasteiger partial charge in [-0.3, -0.25) is 4.99 Å². The van der Waals surface area contributed by atoms with E-state index in [0.717, 1.165) is 18.3 Å². The van der Waals surface area contributed by atoms with Crippen LogP contribution in [0.5, 0.6) is 0 Å². The first-order chi connectivity index (χ1) is 5.64. The standard InChI is InChI=1S/C8H13N3S/c1-8(2)5-10-7(11-6-8)12-4-3-9/h4-6H2,1-2H3,(H,10,11). The fraction of sp³-hybridized carbons (Fsp3) is 0.750. The molecule has 0 bridgehead atoms. The zero-order valence-electron chi connectivity index (χ0n) is 7.42. The lowest BCUT2D eigenvalue weighted by atomic mass is 9.93. The third kappa shape index (κ3) is 2.74. The Balaban J connectivity index is 2.41. The van der Waals surface area contributed by atoms with Crippen molar-refractivity contribution in [1.29, 1.82) is 5.26 Å². The molecule has 0 spiro atoms. The quantitative estimate of drug-likeness (QED) is 0.665. The molecule has 3 nitrogen and oxygen atoms in total. The van der Waals surface area contributed by atoms with Crippen molar-refractivity contribution >= 4 is 16.9 Å². The summed E-state index contributed by atoms with van der Waals surface area (Å²) in [4.78, 5) is 4.34. The molecule has 0 atom stereocenters. The summed E-state index contributed by atoms with van der Waals surface area (Å²) in [5.41, 5.74) is 0.261. The maximum atomic E-state index is 8.35. The third-order valence-electron chi connectivity index (χ3n) is 1.64. The highest BCUT2D eigenvalue weighted by Crippen LogP contribution is 2.19. The molecule has 0 aromatic rings. The molecular formula is C8H13N3S. The highest BCUT2D eigenvalue weighted by Gasteiger charge is 2.21. The molecule has 1 heterocycles. The van der Waals surface area contributed by atoms with Gasteiger partial charge >= 0.3 is 0 Å². The van der Waals surface area contributed by atoms with Crippen LogP contribution in [0.1, 0.15) is 13.8 Å². The Morgan fingerprint density at radius 2 is 2.50 bits per heavy atom. The number of nitrogens with zero attached hydrogens (tertiary/aromatic N) is 2. The summed E-state index contributed by atoms with van der Waals surface area (Å²) < 4.78 is 0. The van der Waals surface area contributed by atoms with Crippen LogP contribution >= 0.6 is 11.8 Å². The first-order valence-corrected chi connectivity index (χ1v) is 4.91. The molecule has 12 heavy (non-hydrogen) atoms. The van der Waals surface area contributed by atoms with Gasteiger partial charge in [0.15, 0.2) is 5.17 Å². The molecule has 0 aromatic heterocycles. The van der Waals surface area contributed by atoms with Crippen LogP contribution in [0, 0.1) is 16.7 Å². The number of amidine groups is 1. The average molecular weight is 183 g/mol. The van der Waals surface area contributed by atoms with E-state index in [0.29, 0.717) is 5.75 Å². The smallest absolute Gasteiger partial charge is 0.157 e. The summed E-state index contributed by atoms with van der Waals surface area (Å²) in [6.45, 7) is 6.16. The van der Waals surface area contributed by atoms with E-state index < -0.39 is 0 Å². The summed E-state index contributed by atoms with van der Waals surface area (Å²) in [5, 5.41) is 12.5. The first-order valence-electron chi connectivity index (χ1n) is 3.92. The van der Waals surface area contributed by atoms with Gasteiger partial charge in [0.05, 0.1) is 11.8 Å². The molecule has 0 aliphatic carbocycles. The van der Waals surface area contributed by atoms with E-state index in [-0.39, 0.29) is 5.41 Å². The van der Waals surface area contributed by atoms with E-state index in [2.05, 4.69) is 30.2 Å². The van der Waals surface area contributed by atoms with Crippen LogP contribution in [0.3, 0.4) is 0 Å². The van der Waals surface area contributed by atoms with Crippen LogP contribution in [0.15, 0.2) is 4.99 Å². The van der Waals surface area contributed by atoms with Gasteiger partial charge < -0.3 is 5.32 Å². The van der Waals surface area contributed by atoms with Crippen LogP contribution in [-0.4, -0.2) is 24.0 Å². The van der Waals surface area contributed by atoms with Gasteiger partial charge in [-0.1, -0.05) is 25.6 Å². The highest BCUT2D eigenvalue weighted by molar-refractivity contribution is 8.14. The largest absolute Gasteiger partial charge is 0.364 e. The molecule has 66 valence electrons. The highest BCUT2D eigenvalue weighted by atomic mass is 32.2. The number of nitriles is 1. The zero-order chi connectivity index (χ0) is 9.03. The SMILES string of the molecule is CC1(C)CN=C(SCC#N)NC1. The van der Waals surface area contributed by atoms with Crippen molar-refractivity contribution in [2.75, 3.05) is 18.8 Å². The Labute approximate surface area is 77.2 Å². The van der Waals surface area contributed by atoms with Crippen molar-refractivity contribution in [3.05, 3.63) is 0 Å². The number of nitrogens with one attached hydrogen (secondary N) is 1. The van der Waals surface area contributed by atoms with Crippen molar-refractivity contribution in [3.8, 4) is 6.07 Å². The van der Waals surface area contributed by atoms with E-state index >= 15 is 0 Å². The lowest BCUT2D eigenvalue weighted by Gasteiger charge is -2.28. The van der Waals surface area contributed by atoms with Crippen molar-refractivity contribution in [2.24, 2.45) is 10.4 Å².